The Kier molecular flexibility index (Phi) is 7.85. The van der Waals surface area contributed by atoms with E-state index in [-0.39, 0.29) is 18.1 Å². The summed E-state index contributed by atoms with van der Waals surface area (Å²) < 4.78 is 6.80. The number of benzene rings is 2. The molecule has 0 saturated heterocycles. The van der Waals surface area contributed by atoms with E-state index in [1.807, 2.05) is 0 Å². The molecule has 0 radical (unpaired) electrons. The maximum absolute atomic E-state index is 12.0. The van der Waals surface area contributed by atoms with Gasteiger partial charge in [-0.1, -0.05) is 23.7 Å². The molecule has 2 aromatic carbocycles. The van der Waals surface area contributed by atoms with Crippen molar-refractivity contribution < 1.29 is 24.2 Å². The molecule has 2 aromatic rings. The Hall–Kier alpha value is -2.10. The fourth-order valence-corrected chi connectivity index (χ4v) is 3.86. The second-order valence-corrected chi connectivity index (χ2v) is 7.68. The number of carbonyl (C=O) groups is 3. The van der Waals surface area contributed by atoms with Gasteiger partial charge < -0.3 is 20.5 Å². The van der Waals surface area contributed by atoms with E-state index in [0.29, 0.717) is 31.0 Å². The molecule has 0 unspecified atom stereocenters. The summed E-state index contributed by atoms with van der Waals surface area (Å²) in [6, 6.07) is 8.24. The molecule has 0 aliphatic rings. The van der Waals surface area contributed by atoms with Gasteiger partial charge in [0.1, 0.15) is 18.9 Å². The van der Waals surface area contributed by atoms with Crippen molar-refractivity contribution in [3.63, 3.8) is 0 Å². The molecule has 2 rings (SSSR count). The number of hydrogen-bond acceptors (Lipinski definition) is 4. The molecule has 0 spiro atoms. The van der Waals surface area contributed by atoms with E-state index in [9.17, 15) is 14.4 Å². The van der Waals surface area contributed by atoms with Crippen LogP contribution < -0.4 is 15.4 Å². The lowest BCUT2D eigenvalue weighted by atomic mass is 10.2. The largest absolute Gasteiger partial charge is 0.486 e. The third-order valence-corrected chi connectivity index (χ3v) is 5.05. The molecular weight excluding hydrogens is 519 g/mol. The van der Waals surface area contributed by atoms with Crippen LogP contribution in [0, 0.1) is 0 Å². The molecule has 0 aliphatic carbocycles. The highest BCUT2D eigenvalue weighted by molar-refractivity contribution is 9.11. The van der Waals surface area contributed by atoms with Crippen molar-refractivity contribution in [1.82, 2.24) is 5.32 Å². The highest BCUT2D eigenvalue weighted by Crippen LogP contribution is 2.36. The van der Waals surface area contributed by atoms with Crippen molar-refractivity contribution in [3.05, 3.63) is 55.4 Å². The topological polar surface area (TPSA) is 105 Å². The quantitative estimate of drug-likeness (QED) is 0.494. The van der Waals surface area contributed by atoms with E-state index in [1.54, 1.807) is 18.2 Å². The van der Waals surface area contributed by atoms with E-state index < -0.39 is 18.4 Å². The zero-order chi connectivity index (χ0) is 20.8. The Labute approximate surface area is 182 Å². The first kappa shape index (κ1) is 22.2. The van der Waals surface area contributed by atoms with Gasteiger partial charge in [0.25, 0.3) is 5.91 Å². The number of carbonyl (C=O) groups excluding carboxylic acids is 2. The number of hydrogen-bond donors (Lipinski definition) is 3. The number of anilines is 1. The molecule has 0 aromatic heterocycles. The van der Waals surface area contributed by atoms with Crippen LogP contribution in [0.15, 0.2) is 39.3 Å². The predicted molar refractivity (Wildman–Crippen MR) is 112 cm³/mol. The monoisotopic (exact) mass is 532 g/mol. The molecule has 7 nitrogen and oxygen atoms in total. The Morgan fingerprint density at radius 3 is 2.39 bits per heavy atom. The molecule has 10 heteroatoms. The number of ether oxygens (including phenoxy) is 1. The van der Waals surface area contributed by atoms with Crippen LogP contribution in [0.5, 0.6) is 5.75 Å². The van der Waals surface area contributed by atoms with Crippen molar-refractivity contribution >= 4 is 66.9 Å². The first-order valence-corrected chi connectivity index (χ1v) is 9.82. The van der Waals surface area contributed by atoms with Gasteiger partial charge in [0, 0.05) is 18.1 Å². The molecule has 0 saturated carbocycles. The molecule has 28 heavy (non-hydrogen) atoms. The summed E-state index contributed by atoms with van der Waals surface area (Å²) >= 11 is 13.0. The number of carboxylic acid groups (broad SMARTS) is 1. The maximum Gasteiger partial charge on any atom is 0.322 e. The summed E-state index contributed by atoms with van der Waals surface area (Å²) in [5, 5.41) is 13.9. The molecule has 0 atom stereocenters. The minimum atomic E-state index is -1.13. The second kappa shape index (κ2) is 9.90. The Morgan fingerprint density at radius 2 is 1.82 bits per heavy atom. The Balaban J connectivity index is 2.16. The first-order chi connectivity index (χ1) is 13.2. The van der Waals surface area contributed by atoms with E-state index in [0.717, 1.165) is 0 Å². The lowest BCUT2D eigenvalue weighted by Gasteiger charge is -2.14. The van der Waals surface area contributed by atoms with Crippen LogP contribution in [0.25, 0.3) is 0 Å². The molecule has 3 N–H and O–H groups in total. The zero-order valence-electron chi connectivity index (χ0n) is 14.5. The summed E-state index contributed by atoms with van der Waals surface area (Å²) in [6.07, 6.45) is 0. The number of amides is 2. The van der Waals surface area contributed by atoms with E-state index in [4.69, 9.17) is 21.4 Å². The van der Waals surface area contributed by atoms with Gasteiger partial charge in [-0.05, 0) is 50.1 Å². The summed E-state index contributed by atoms with van der Waals surface area (Å²) in [6.45, 7) is 1.03. The number of nitrogens with one attached hydrogen (secondary N) is 2. The molecular formula is C18H15Br2ClN2O5. The van der Waals surface area contributed by atoms with Crippen LogP contribution in [0.4, 0.5) is 5.69 Å². The number of carboxylic acids is 1. The summed E-state index contributed by atoms with van der Waals surface area (Å²) in [4.78, 5) is 33.8. The minimum Gasteiger partial charge on any atom is -0.486 e. The van der Waals surface area contributed by atoms with Crippen LogP contribution in [0.2, 0.25) is 5.02 Å². The smallest absolute Gasteiger partial charge is 0.322 e. The second-order valence-electron chi connectivity index (χ2n) is 5.59. The van der Waals surface area contributed by atoms with Crippen LogP contribution in [-0.4, -0.2) is 29.4 Å². The maximum atomic E-state index is 12.0. The Morgan fingerprint density at radius 1 is 1.18 bits per heavy atom. The molecule has 0 fully saturated rings. The fourth-order valence-electron chi connectivity index (χ4n) is 2.21. The lowest BCUT2D eigenvalue weighted by Crippen LogP contribution is -2.29. The first-order valence-electron chi connectivity index (χ1n) is 7.86. The minimum absolute atomic E-state index is 0.119. The van der Waals surface area contributed by atoms with Crippen molar-refractivity contribution in [2.75, 3.05) is 11.9 Å². The van der Waals surface area contributed by atoms with Gasteiger partial charge in [-0.25, -0.2) is 0 Å². The molecule has 0 aliphatic heterocycles. The third-order valence-electron chi connectivity index (χ3n) is 3.42. The van der Waals surface area contributed by atoms with Gasteiger partial charge in [-0.2, -0.15) is 0 Å². The predicted octanol–water partition coefficient (Wildman–Crippen LogP) is 4.22. The molecule has 0 heterocycles. The standard InChI is InChI=1S/C18H15Br2ClN2O5/c1-9(24)23-14-4-2-3-10(16(14)21)8-28-17-12(19)5-11(6-13(17)20)18(27)22-7-15(25)26/h2-6H,7-8H2,1H3,(H,22,27)(H,23,24)(H,25,26). The van der Waals surface area contributed by atoms with Crippen LogP contribution >= 0.6 is 43.5 Å². The van der Waals surface area contributed by atoms with Crippen LogP contribution in [0.1, 0.15) is 22.8 Å². The Bertz CT molecular complexity index is 913. The van der Waals surface area contributed by atoms with Crippen molar-refractivity contribution in [3.8, 4) is 5.75 Å². The van der Waals surface area contributed by atoms with Crippen molar-refractivity contribution in [1.29, 1.82) is 0 Å². The van der Waals surface area contributed by atoms with Gasteiger partial charge in [-0.3, -0.25) is 14.4 Å². The fraction of sp³-hybridized carbons (Fsp3) is 0.167. The number of halogens is 3. The van der Waals surface area contributed by atoms with Gasteiger partial charge in [-0.15, -0.1) is 0 Å². The van der Waals surface area contributed by atoms with Gasteiger partial charge >= 0.3 is 5.97 Å². The number of aliphatic carboxylic acids is 1. The highest BCUT2D eigenvalue weighted by Gasteiger charge is 2.15. The summed E-state index contributed by atoms with van der Waals surface area (Å²) in [5.74, 6) is -1.45. The third kappa shape index (κ3) is 5.95. The van der Waals surface area contributed by atoms with Gasteiger partial charge in [0.2, 0.25) is 5.91 Å². The van der Waals surface area contributed by atoms with E-state index >= 15 is 0 Å². The summed E-state index contributed by atoms with van der Waals surface area (Å²) in [7, 11) is 0. The van der Waals surface area contributed by atoms with E-state index in [2.05, 4.69) is 42.5 Å². The lowest BCUT2D eigenvalue weighted by molar-refractivity contribution is -0.135. The molecule has 2 amide bonds. The van der Waals surface area contributed by atoms with Crippen molar-refractivity contribution in [2.24, 2.45) is 0 Å². The van der Waals surface area contributed by atoms with Gasteiger partial charge in [0.05, 0.1) is 19.7 Å². The average Bonchev–Trinajstić information content (AvgIpc) is 2.61. The van der Waals surface area contributed by atoms with Crippen molar-refractivity contribution in [2.45, 2.75) is 13.5 Å². The van der Waals surface area contributed by atoms with E-state index in [1.165, 1.54) is 19.1 Å². The average molecular weight is 535 g/mol. The SMILES string of the molecule is CC(=O)Nc1cccc(COc2c(Br)cc(C(=O)NCC(=O)O)cc2Br)c1Cl. The van der Waals surface area contributed by atoms with Crippen LogP contribution in [0.3, 0.4) is 0 Å². The highest BCUT2D eigenvalue weighted by atomic mass is 79.9. The zero-order valence-corrected chi connectivity index (χ0v) is 18.4. The summed E-state index contributed by atoms with van der Waals surface area (Å²) in [5.41, 5.74) is 1.41. The molecule has 0 bridgehead atoms. The molecule has 148 valence electrons. The van der Waals surface area contributed by atoms with Gasteiger partial charge in [0.15, 0.2) is 0 Å². The normalized spacial score (nSPS) is 10.3. The van der Waals surface area contributed by atoms with Crippen LogP contribution in [-0.2, 0) is 16.2 Å². The number of rotatable bonds is 7.